The van der Waals surface area contributed by atoms with Crippen LogP contribution in [-0.4, -0.2) is 26.9 Å². The molecule has 0 aromatic carbocycles. The number of hydrogen-bond acceptors (Lipinski definition) is 5. The van der Waals surface area contributed by atoms with Crippen LogP contribution in [-0.2, 0) is 4.74 Å². The molecule has 17 heavy (non-hydrogen) atoms. The van der Waals surface area contributed by atoms with E-state index in [0.717, 1.165) is 0 Å². The summed E-state index contributed by atoms with van der Waals surface area (Å²) < 4.78 is 19.1. The monoisotopic (exact) mass is 237 g/mol. The van der Waals surface area contributed by atoms with E-state index in [4.69, 9.17) is 10.5 Å². The molecule has 2 aromatic heterocycles. The predicted molar refractivity (Wildman–Crippen MR) is 58.5 cm³/mol. The number of nitrogens with zero attached hydrogens (tertiary/aromatic N) is 2. The van der Waals surface area contributed by atoms with Gasteiger partial charge in [0.05, 0.1) is 23.9 Å². The molecule has 0 spiro atoms. The molecule has 6 heteroatoms. The molecule has 1 fully saturated rings. The number of rotatable bonds is 1. The van der Waals surface area contributed by atoms with E-state index in [1.165, 1.54) is 10.8 Å². The van der Waals surface area contributed by atoms with E-state index < -0.39 is 24.1 Å². The van der Waals surface area contributed by atoms with Crippen LogP contribution in [0.2, 0.25) is 0 Å². The van der Waals surface area contributed by atoms with Crippen molar-refractivity contribution in [1.82, 2.24) is 9.55 Å². The van der Waals surface area contributed by atoms with Gasteiger partial charge in [-0.1, -0.05) is 0 Å². The second-order valence-electron chi connectivity index (χ2n) is 4.04. The zero-order valence-electron chi connectivity index (χ0n) is 9.94. The fourth-order valence-electron chi connectivity index (χ4n) is 1.94. The number of aliphatic hydroxyl groups excluding tert-OH is 1. The van der Waals surface area contributed by atoms with Gasteiger partial charge >= 0.3 is 5.69 Å². The smallest absolute Gasteiger partial charge is 0.353 e. The van der Waals surface area contributed by atoms with Gasteiger partial charge in [-0.15, -0.1) is 0 Å². The first-order chi connectivity index (χ1) is 8.69. The van der Waals surface area contributed by atoms with Crippen molar-refractivity contribution in [2.45, 2.75) is 31.8 Å². The molecule has 0 aliphatic carbocycles. The number of furan rings is 1. The summed E-state index contributed by atoms with van der Waals surface area (Å²) in [5.41, 5.74) is -0.202. The quantitative estimate of drug-likeness (QED) is 0.788. The zero-order valence-corrected chi connectivity index (χ0v) is 8.94. The van der Waals surface area contributed by atoms with E-state index in [-0.39, 0.29) is 19.0 Å². The molecule has 6 nitrogen and oxygen atoms in total. The van der Waals surface area contributed by atoms with Crippen LogP contribution in [0.25, 0.3) is 11.1 Å². The number of ether oxygens (including phenoxy) is 1. The van der Waals surface area contributed by atoms with Crippen molar-refractivity contribution in [2.75, 3.05) is 0 Å². The van der Waals surface area contributed by atoms with E-state index in [0.29, 0.717) is 5.39 Å². The third-order valence-electron chi connectivity index (χ3n) is 2.88. The van der Waals surface area contributed by atoms with Crippen molar-refractivity contribution in [3.63, 3.8) is 0 Å². The van der Waals surface area contributed by atoms with Crippen LogP contribution in [0.1, 0.15) is 20.9 Å². The molecule has 1 saturated heterocycles. The highest BCUT2D eigenvalue weighted by atomic mass is 16.5. The minimum absolute atomic E-state index is 0.0339. The molecule has 3 atom stereocenters. The highest BCUT2D eigenvalue weighted by molar-refractivity contribution is 5.71. The lowest BCUT2D eigenvalue weighted by Crippen LogP contribution is -2.26. The molecule has 1 aliphatic rings. The summed E-state index contributed by atoms with van der Waals surface area (Å²) in [5.74, 6) is 0. The second kappa shape index (κ2) is 3.68. The minimum Gasteiger partial charge on any atom is -0.446 e. The number of fused-ring (bicyclic) bond motifs is 1. The van der Waals surface area contributed by atoms with Crippen molar-refractivity contribution in [3.05, 3.63) is 29.0 Å². The van der Waals surface area contributed by atoms with Gasteiger partial charge in [0.1, 0.15) is 6.23 Å². The third-order valence-corrected chi connectivity index (χ3v) is 2.88. The molecule has 0 radical (unpaired) electrons. The SMILES string of the molecule is [2H]C[C@H]1O[C@@H](n2cc3ccoc3nc2=O)CC1O. The molecule has 0 amide bonds. The Morgan fingerprint density at radius 3 is 3.35 bits per heavy atom. The summed E-state index contributed by atoms with van der Waals surface area (Å²) in [6, 6.07) is 1.70. The molecule has 1 aliphatic heterocycles. The van der Waals surface area contributed by atoms with Gasteiger partial charge in [-0.25, -0.2) is 4.79 Å². The third kappa shape index (κ3) is 1.65. The summed E-state index contributed by atoms with van der Waals surface area (Å²) in [6.45, 7) is -0.0339. The maximum absolute atomic E-state index is 11.8. The lowest BCUT2D eigenvalue weighted by atomic mass is 10.2. The molecule has 0 saturated carbocycles. The number of aliphatic hydroxyl groups is 1. The summed E-state index contributed by atoms with van der Waals surface area (Å²) in [6.07, 6.45) is 1.49. The topological polar surface area (TPSA) is 77.5 Å². The first-order valence-electron chi connectivity index (χ1n) is 5.99. The van der Waals surface area contributed by atoms with E-state index in [9.17, 15) is 9.90 Å². The van der Waals surface area contributed by atoms with E-state index in [1.807, 2.05) is 0 Å². The Bertz CT molecular complexity index is 623. The molecule has 0 bridgehead atoms. The summed E-state index contributed by atoms with van der Waals surface area (Å²) in [5, 5.41) is 10.4. The van der Waals surface area contributed by atoms with Crippen molar-refractivity contribution < 1.29 is 15.6 Å². The molecule has 2 aromatic rings. The van der Waals surface area contributed by atoms with Gasteiger partial charge in [0.15, 0.2) is 0 Å². The van der Waals surface area contributed by atoms with Gasteiger partial charge in [-0.3, -0.25) is 4.57 Å². The lowest BCUT2D eigenvalue weighted by Gasteiger charge is -2.12. The highest BCUT2D eigenvalue weighted by Gasteiger charge is 2.32. The Balaban J connectivity index is 1.99. The van der Waals surface area contributed by atoms with Gasteiger partial charge in [-0.05, 0) is 13.0 Å². The Hall–Kier alpha value is -1.66. The van der Waals surface area contributed by atoms with Gasteiger partial charge in [0.2, 0.25) is 5.71 Å². The first-order valence-corrected chi connectivity index (χ1v) is 5.28. The molecular weight excluding hydrogens is 224 g/mol. The molecule has 1 N–H and O–H groups in total. The van der Waals surface area contributed by atoms with Crippen molar-refractivity contribution >= 4 is 11.1 Å². The largest absolute Gasteiger partial charge is 0.446 e. The zero-order chi connectivity index (χ0) is 12.7. The molecule has 90 valence electrons. The van der Waals surface area contributed by atoms with E-state index in [1.54, 1.807) is 12.3 Å². The molecule has 3 rings (SSSR count). The van der Waals surface area contributed by atoms with E-state index >= 15 is 0 Å². The first kappa shape index (κ1) is 9.38. The van der Waals surface area contributed by atoms with Gasteiger partial charge in [-0.2, -0.15) is 4.98 Å². The highest BCUT2D eigenvalue weighted by Crippen LogP contribution is 2.27. The lowest BCUT2D eigenvalue weighted by molar-refractivity contribution is -0.00984. The maximum Gasteiger partial charge on any atom is 0.353 e. The van der Waals surface area contributed by atoms with Crippen LogP contribution in [0.5, 0.6) is 0 Å². The predicted octanol–water partition coefficient (Wildman–Crippen LogP) is 0.658. The van der Waals surface area contributed by atoms with Crippen LogP contribution in [0.15, 0.2) is 27.7 Å². The van der Waals surface area contributed by atoms with Crippen LogP contribution in [0.4, 0.5) is 0 Å². The van der Waals surface area contributed by atoms with Crippen LogP contribution < -0.4 is 5.69 Å². The average Bonchev–Trinajstić information content (AvgIpc) is 2.93. The summed E-state index contributed by atoms with van der Waals surface area (Å²) in [7, 11) is 0. The normalized spacial score (nSPS) is 29.7. The van der Waals surface area contributed by atoms with Crippen molar-refractivity contribution in [3.8, 4) is 0 Å². The van der Waals surface area contributed by atoms with E-state index in [2.05, 4.69) is 4.98 Å². The van der Waals surface area contributed by atoms with Crippen LogP contribution in [0.3, 0.4) is 0 Å². The van der Waals surface area contributed by atoms with Crippen LogP contribution >= 0.6 is 0 Å². The molecule has 1 unspecified atom stereocenters. The summed E-state index contributed by atoms with van der Waals surface area (Å²) >= 11 is 0. The Kier molecular flexibility index (Phi) is 2.03. The molecule has 3 heterocycles. The maximum atomic E-state index is 11.8. The Labute approximate surface area is 97.8 Å². The number of aromatic nitrogens is 2. The standard InChI is InChI=1S/C11H12N2O4/c1-6-8(14)4-9(17-6)13-5-7-2-3-16-10(7)12-11(13)15/h2-3,5-6,8-9,14H,4H2,1H3/t6-,8?,9-/m1/s1/i1D. The number of hydrogen-bond donors (Lipinski definition) is 1. The summed E-state index contributed by atoms with van der Waals surface area (Å²) in [4.78, 5) is 15.6. The van der Waals surface area contributed by atoms with Crippen LogP contribution in [0, 0.1) is 0 Å². The Morgan fingerprint density at radius 1 is 1.71 bits per heavy atom. The van der Waals surface area contributed by atoms with Gasteiger partial charge in [0, 0.05) is 14.0 Å². The van der Waals surface area contributed by atoms with Crippen molar-refractivity contribution in [2.24, 2.45) is 0 Å². The van der Waals surface area contributed by atoms with Crippen molar-refractivity contribution in [1.29, 1.82) is 0 Å². The fraction of sp³-hybridized carbons (Fsp3) is 0.455. The minimum atomic E-state index is -0.723. The average molecular weight is 237 g/mol. The fourth-order valence-corrected chi connectivity index (χ4v) is 1.94. The van der Waals surface area contributed by atoms with Gasteiger partial charge in [0.25, 0.3) is 0 Å². The second-order valence-corrected chi connectivity index (χ2v) is 4.04. The van der Waals surface area contributed by atoms with Gasteiger partial charge < -0.3 is 14.3 Å². The molecular formula is C11H12N2O4. The Morgan fingerprint density at radius 2 is 2.59 bits per heavy atom.